The number of aliphatic hydroxyl groups is 3. The van der Waals surface area contributed by atoms with Crippen LogP contribution in [0.15, 0.2) is 25.3 Å². The average molecular weight is 250 g/mol. The molecule has 0 radical (unpaired) electrons. The number of carboxylic acids is 1. The highest BCUT2D eigenvalue weighted by Gasteiger charge is 1.93. The van der Waals surface area contributed by atoms with Gasteiger partial charge in [-0.05, 0) is 0 Å². The van der Waals surface area contributed by atoms with Crippen LogP contribution >= 0.6 is 0 Å². The Morgan fingerprint density at radius 3 is 1.59 bits per heavy atom. The molecule has 0 fully saturated rings. The number of aliphatic hydroxyl groups excluding tert-OH is 3. The lowest BCUT2D eigenvalue weighted by atomic mass is 10.4. The monoisotopic (exact) mass is 250 g/mol. The fourth-order valence-corrected chi connectivity index (χ4v) is 0.141. The molecule has 7 nitrogen and oxygen atoms in total. The lowest BCUT2D eigenvalue weighted by Gasteiger charge is -1.96. The molecule has 0 saturated heterocycles. The zero-order chi connectivity index (χ0) is 14.3. The van der Waals surface area contributed by atoms with Crippen LogP contribution in [-0.2, 0) is 14.3 Å². The Morgan fingerprint density at radius 1 is 1.24 bits per heavy atom. The summed E-state index contributed by atoms with van der Waals surface area (Å²) in [5.41, 5.74) is 0. The van der Waals surface area contributed by atoms with Crippen molar-refractivity contribution in [2.24, 2.45) is 0 Å². The van der Waals surface area contributed by atoms with Crippen LogP contribution in [0.2, 0.25) is 0 Å². The van der Waals surface area contributed by atoms with Crippen molar-refractivity contribution in [3.05, 3.63) is 25.3 Å². The third-order valence-corrected chi connectivity index (χ3v) is 0.964. The van der Waals surface area contributed by atoms with Crippen LogP contribution in [0.3, 0.4) is 0 Å². The van der Waals surface area contributed by atoms with E-state index in [1.807, 2.05) is 0 Å². The lowest BCUT2D eigenvalue weighted by molar-refractivity contribution is -0.135. The number of methoxy groups -OCH3 is 1. The third kappa shape index (κ3) is 31.4. The summed E-state index contributed by atoms with van der Waals surface area (Å²) in [6.07, 6.45) is 0.991. The normalized spacial score (nSPS) is 7.82. The first kappa shape index (κ1) is 20.7. The molecule has 0 rings (SSSR count). The van der Waals surface area contributed by atoms with Crippen LogP contribution < -0.4 is 0 Å². The van der Waals surface area contributed by atoms with E-state index in [4.69, 9.17) is 20.4 Å². The number of esters is 1. The van der Waals surface area contributed by atoms with E-state index in [9.17, 15) is 9.59 Å². The Kier molecular flexibility index (Phi) is 20.3. The van der Waals surface area contributed by atoms with E-state index in [2.05, 4.69) is 17.9 Å². The predicted molar refractivity (Wildman–Crippen MR) is 60.2 cm³/mol. The molecule has 0 aromatic heterocycles. The molecular weight excluding hydrogens is 232 g/mol. The van der Waals surface area contributed by atoms with E-state index in [0.717, 1.165) is 12.2 Å². The van der Waals surface area contributed by atoms with Gasteiger partial charge in [-0.1, -0.05) is 13.2 Å². The minimum atomic E-state index is -0.981. The van der Waals surface area contributed by atoms with Gasteiger partial charge in [0.2, 0.25) is 0 Å². The fourth-order valence-electron chi connectivity index (χ4n) is 0.141. The highest BCUT2D eigenvalue weighted by atomic mass is 16.5. The maximum atomic E-state index is 9.84. The first-order valence-electron chi connectivity index (χ1n) is 4.35. The molecule has 4 N–H and O–H groups in total. The molecular formula is C10H18O7. The van der Waals surface area contributed by atoms with Crippen LogP contribution in [0.1, 0.15) is 0 Å². The Balaban J connectivity index is -0.000000174. The van der Waals surface area contributed by atoms with E-state index in [1.54, 1.807) is 0 Å². The minimum Gasteiger partial charge on any atom is -0.478 e. The predicted octanol–water partition coefficient (Wildman–Crippen LogP) is -1.07. The van der Waals surface area contributed by atoms with Crippen LogP contribution in [0.5, 0.6) is 0 Å². The number of hydrogen-bond donors (Lipinski definition) is 4. The van der Waals surface area contributed by atoms with Gasteiger partial charge >= 0.3 is 11.9 Å². The lowest BCUT2D eigenvalue weighted by Crippen LogP contribution is -2.15. The van der Waals surface area contributed by atoms with Gasteiger partial charge in [0, 0.05) is 12.2 Å². The third-order valence-electron chi connectivity index (χ3n) is 0.964. The van der Waals surface area contributed by atoms with Gasteiger partial charge in [0.15, 0.2) is 0 Å². The quantitative estimate of drug-likeness (QED) is 0.370. The van der Waals surface area contributed by atoms with Crippen molar-refractivity contribution in [2.75, 3.05) is 20.3 Å². The van der Waals surface area contributed by atoms with Crippen LogP contribution in [0, 0.1) is 0 Å². The van der Waals surface area contributed by atoms with Crippen molar-refractivity contribution in [3.63, 3.8) is 0 Å². The Morgan fingerprint density at radius 2 is 1.59 bits per heavy atom. The molecule has 0 saturated carbocycles. The van der Waals surface area contributed by atoms with E-state index in [1.165, 1.54) is 7.11 Å². The highest BCUT2D eigenvalue weighted by Crippen LogP contribution is 1.71. The Bertz CT molecular complexity index is 221. The summed E-state index contributed by atoms with van der Waals surface area (Å²) in [6.45, 7) is 5.39. The molecule has 100 valence electrons. The van der Waals surface area contributed by atoms with Crippen molar-refractivity contribution in [2.45, 2.75) is 6.10 Å². The molecule has 0 aromatic carbocycles. The van der Waals surface area contributed by atoms with E-state index >= 15 is 0 Å². The summed E-state index contributed by atoms with van der Waals surface area (Å²) in [5.74, 6) is -1.37. The fraction of sp³-hybridized carbons (Fsp3) is 0.400. The maximum Gasteiger partial charge on any atom is 0.329 e. The van der Waals surface area contributed by atoms with Crippen molar-refractivity contribution < 1.29 is 34.8 Å². The molecule has 7 heteroatoms. The van der Waals surface area contributed by atoms with Gasteiger partial charge in [-0.3, -0.25) is 0 Å². The number of ether oxygens (including phenoxy) is 1. The molecule has 0 bridgehead atoms. The molecule has 0 aliphatic heterocycles. The van der Waals surface area contributed by atoms with Crippen molar-refractivity contribution in [3.8, 4) is 0 Å². The highest BCUT2D eigenvalue weighted by molar-refractivity contribution is 5.80. The molecule has 17 heavy (non-hydrogen) atoms. The summed E-state index contributed by atoms with van der Waals surface area (Å²) in [7, 11) is 1.31. The topological polar surface area (TPSA) is 124 Å². The van der Waals surface area contributed by atoms with Crippen molar-refractivity contribution >= 4 is 11.9 Å². The van der Waals surface area contributed by atoms with Gasteiger partial charge in [0.25, 0.3) is 0 Å². The molecule has 0 aromatic rings. The van der Waals surface area contributed by atoms with Crippen molar-refractivity contribution in [1.29, 1.82) is 0 Å². The molecule has 0 amide bonds. The van der Waals surface area contributed by atoms with Crippen LogP contribution in [0.25, 0.3) is 0 Å². The second kappa shape index (κ2) is 16.7. The molecule has 0 atom stereocenters. The van der Waals surface area contributed by atoms with Gasteiger partial charge in [-0.25, -0.2) is 9.59 Å². The summed E-state index contributed by atoms with van der Waals surface area (Å²) in [6, 6.07) is 0. The van der Waals surface area contributed by atoms with Gasteiger partial charge in [0.1, 0.15) is 6.10 Å². The largest absolute Gasteiger partial charge is 0.478 e. The zero-order valence-electron chi connectivity index (χ0n) is 9.57. The second-order valence-electron chi connectivity index (χ2n) is 2.29. The van der Waals surface area contributed by atoms with Gasteiger partial charge in [0.05, 0.1) is 20.3 Å². The van der Waals surface area contributed by atoms with Gasteiger partial charge < -0.3 is 25.2 Å². The number of carbonyl (C=O) groups excluding carboxylic acids is 1. The second-order valence-corrected chi connectivity index (χ2v) is 2.29. The van der Waals surface area contributed by atoms with Gasteiger partial charge in [-0.2, -0.15) is 0 Å². The summed E-state index contributed by atoms with van der Waals surface area (Å²) in [5, 5.41) is 31.6. The number of carboxylic acid groups (broad SMARTS) is 1. The van der Waals surface area contributed by atoms with E-state index in [-0.39, 0.29) is 13.2 Å². The molecule has 0 unspecified atom stereocenters. The molecule has 0 aliphatic carbocycles. The minimum absolute atomic E-state index is 0.365. The maximum absolute atomic E-state index is 9.84. The van der Waals surface area contributed by atoms with Crippen LogP contribution in [-0.4, -0.2) is 58.8 Å². The van der Waals surface area contributed by atoms with Crippen LogP contribution in [0.4, 0.5) is 0 Å². The smallest absolute Gasteiger partial charge is 0.329 e. The number of carbonyl (C=O) groups is 2. The first-order chi connectivity index (χ1) is 7.89. The van der Waals surface area contributed by atoms with E-state index < -0.39 is 18.0 Å². The van der Waals surface area contributed by atoms with Crippen molar-refractivity contribution in [1.82, 2.24) is 0 Å². The standard InChI is InChI=1S/C4H6O2.C3H8O3.C3H4O2/c1-3-4(5)6-2;4-1-3(6)2-5;1-2-3(4)5/h3H,1H2,2H3;3-6H,1-2H2;2H,1H2,(H,4,5). The summed E-state index contributed by atoms with van der Waals surface area (Å²) < 4.78 is 4.14. The molecule has 0 heterocycles. The summed E-state index contributed by atoms with van der Waals surface area (Å²) in [4.78, 5) is 19.1. The SMILES string of the molecule is C=CC(=O)O.C=CC(=O)OC.OCC(O)CO. The summed E-state index contributed by atoms with van der Waals surface area (Å²) >= 11 is 0. The zero-order valence-corrected chi connectivity index (χ0v) is 9.57. The Labute approximate surface area is 99.3 Å². The first-order valence-corrected chi connectivity index (χ1v) is 4.35. The number of rotatable bonds is 4. The van der Waals surface area contributed by atoms with E-state index in [0.29, 0.717) is 0 Å². The van der Waals surface area contributed by atoms with Gasteiger partial charge in [-0.15, -0.1) is 0 Å². The Hall–Kier alpha value is -1.70. The molecule has 0 aliphatic rings. The average Bonchev–Trinajstić information content (AvgIpc) is 2.37. The molecule has 0 spiro atoms. The number of hydrogen-bond acceptors (Lipinski definition) is 6. The number of aliphatic carboxylic acids is 1.